The first-order valence-corrected chi connectivity index (χ1v) is 8.15. The molecule has 8 heteroatoms. The Balaban J connectivity index is 0.00000225. The minimum Gasteiger partial charge on any atom is -0.325 e. The first-order valence-electron chi connectivity index (χ1n) is 8.15. The summed E-state index contributed by atoms with van der Waals surface area (Å²) in [6.07, 6.45) is 2.20. The number of nitrogens with one attached hydrogen (secondary N) is 2. The lowest BCUT2D eigenvalue weighted by Crippen LogP contribution is -2.46. The molecule has 2 aliphatic rings. The van der Waals surface area contributed by atoms with Crippen LogP contribution in [0.4, 0.5) is 5.69 Å². The fraction of sp³-hybridized carbons (Fsp3) is 0.471. The number of carbonyl (C=O) groups is 3. The van der Waals surface area contributed by atoms with Crippen LogP contribution in [0.3, 0.4) is 0 Å². The largest absolute Gasteiger partial charge is 0.325 e. The maximum atomic E-state index is 12.3. The minimum atomic E-state index is -0.334. The van der Waals surface area contributed by atoms with Gasteiger partial charge in [0.1, 0.15) is 0 Å². The van der Waals surface area contributed by atoms with E-state index in [2.05, 4.69) is 15.5 Å². The summed E-state index contributed by atoms with van der Waals surface area (Å²) in [5.74, 6) is -0.755. The summed E-state index contributed by atoms with van der Waals surface area (Å²) in [5, 5.41) is 6.07. The van der Waals surface area contributed by atoms with Crippen molar-refractivity contribution in [1.29, 1.82) is 0 Å². The van der Waals surface area contributed by atoms with E-state index in [0.717, 1.165) is 30.8 Å². The third-order valence-electron chi connectivity index (χ3n) is 4.65. The van der Waals surface area contributed by atoms with Crippen LogP contribution in [-0.2, 0) is 4.79 Å². The minimum absolute atomic E-state index is 0. The van der Waals surface area contributed by atoms with Crippen LogP contribution in [0.1, 0.15) is 33.6 Å². The number of hydrogen-bond donors (Lipinski definition) is 2. The number of imide groups is 1. The topological polar surface area (TPSA) is 81.8 Å². The summed E-state index contributed by atoms with van der Waals surface area (Å²) in [6.45, 7) is 2.08. The van der Waals surface area contributed by atoms with Crippen LogP contribution in [0.15, 0.2) is 18.2 Å². The molecule has 3 rings (SSSR count). The molecule has 0 saturated carbocycles. The number of amides is 3. The maximum Gasteiger partial charge on any atom is 0.261 e. The predicted molar refractivity (Wildman–Crippen MR) is 97.3 cm³/mol. The highest BCUT2D eigenvalue weighted by Crippen LogP contribution is 2.24. The van der Waals surface area contributed by atoms with E-state index >= 15 is 0 Å². The third kappa shape index (κ3) is 4.00. The second-order valence-corrected chi connectivity index (χ2v) is 6.34. The number of carbonyl (C=O) groups excluding carboxylic acids is 3. The first-order chi connectivity index (χ1) is 11.5. The molecular weight excluding hydrogens is 344 g/mol. The summed E-state index contributed by atoms with van der Waals surface area (Å²) in [6, 6.07) is 5.25. The molecule has 0 radical (unpaired) electrons. The zero-order valence-electron chi connectivity index (χ0n) is 14.4. The van der Waals surface area contributed by atoms with Crippen molar-refractivity contribution in [3.63, 3.8) is 0 Å². The van der Waals surface area contributed by atoms with E-state index in [1.165, 1.54) is 7.05 Å². The molecule has 25 heavy (non-hydrogen) atoms. The highest BCUT2D eigenvalue weighted by molar-refractivity contribution is 6.21. The lowest BCUT2D eigenvalue weighted by atomic mass is 10.1. The molecule has 0 aromatic heterocycles. The fourth-order valence-electron chi connectivity index (χ4n) is 3.28. The Morgan fingerprint density at radius 3 is 2.68 bits per heavy atom. The van der Waals surface area contributed by atoms with Crippen molar-refractivity contribution in [2.24, 2.45) is 0 Å². The van der Waals surface area contributed by atoms with Crippen LogP contribution in [0, 0.1) is 0 Å². The van der Waals surface area contributed by atoms with Gasteiger partial charge < -0.3 is 10.6 Å². The number of piperidine rings is 1. The normalized spacial score (nSPS) is 20.2. The van der Waals surface area contributed by atoms with Gasteiger partial charge in [0.2, 0.25) is 5.91 Å². The Morgan fingerprint density at radius 1 is 1.24 bits per heavy atom. The number of benzene rings is 1. The first kappa shape index (κ1) is 19.4. The number of fused-ring (bicyclic) bond motifs is 1. The van der Waals surface area contributed by atoms with Crippen LogP contribution in [0.25, 0.3) is 0 Å². The zero-order chi connectivity index (χ0) is 17.3. The van der Waals surface area contributed by atoms with E-state index in [9.17, 15) is 14.4 Å². The molecule has 2 aliphatic heterocycles. The molecule has 1 saturated heterocycles. The smallest absolute Gasteiger partial charge is 0.261 e. The fourth-order valence-corrected chi connectivity index (χ4v) is 3.28. The number of likely N-dealkylation sites (tertiary alicyclic amines) is 1. The number of hydrogen-bond acceptors (Lipinski definition) is 5. The van der Waals surface area contributed by atoms with E-state index in [-0.39, 0.29) is 30.1 Å². The molecule has 0 spiro atoms. The van der Waals surface area contributed by atoms with Crippen molar-refractivity contribution in [3.8, 4) is 0 Å². The predicted octanol–water partition coefficient (Wildman–Crippen LogP) is 0.956. The van der Waals surface area contributed by atoms with Crippen molar-refractivity contribution in [3.05, 3.63) is 29.3 Å². The van der Waals surface area contributed by atoms with Crippen LogP contribution in [0.2, 0.25) is 0 Å². The van der Waals surface area contributed by atoms with E-state index in [4.69, 9.17) is 0 Å². The Bertz CT molecular complexity index is 694. The summed E-state index contributed by atoms with van der Waals surface area (Å²) >= 11 is 0. The molecule has 7 nitrogen and oxygen atoms in total. The number of likely N-dealkylation sites (N-methyl/N-ethyl adjacent to an activating group) is 1. The van der Waals surface area contributed by atoms with Crippen LogP contribution in [-0.4, -0.2) is 67.3 Å². The molecule has 2 heterocycles. The maximum absolute atomic E-state index is 12.3. The Labute approximate surface area is 153 Å². The van der Waals surface area contributed by atoms with Crippen LogP contribution < -0.4 is 10.6 Å². The van der Waals surface area contributed by atoms with Gasteiger partial charge in [0.05, 0.1) is 17.7 Å². The standard InChI is InChI=1S/C17H22N4O3.ClH/c1-18-12-4-3-7-21(9-12)10-15(22)19-11-5-6-13-14(8-11)17(24)20(2)16(13)23;/h5-6,8,12,18H,3-4,7,9-10H2,1-2H3,(H,19,22);1H. The van der Waals surface area contributed by atoms with E-state index < -0.39 is 0 Å². The molecule has 136 valence electrons. The van der Waals surface area contributed by atoms with Crippen molar-refractivity contribution >= 4 is 35.8 Å². The van der Waals surface area contributed by atoms with Gasteiger partial charge >= 0.3 is 0 Å². The lowest BCUT2D eigenvalue weighted by molar-refractivity contribution is -0.117. The Hall–Kier alpha value is -1.96. The van der Waals surface area contributed by atoms with E-state index in [1.807, 2.05) is 7.05 Å². The van der Waals surface area contributed by atoms with Crippen molar-refractivity contribution in [1.82, 2.24) is 15.1 Å². The third-order valence-corrected chi connectivity index (χ3v) is 4.65. The molecule has 1 aromatic rings. The highest BCUT2D eigenvalue weighted by Gasteiger charge is 2.32. The monoisotopic (exact) mass is 366 g/mol. The van der Waals surface area contributed by atoms with Gasteiger partial charge in [-0.2, -0.15) is 0 Å². The van der Waals surface area contributed by atoms with Gasteiger partial charge in [-0.05, 0) is 44.6 Å². The van der Waals surface area contributed by atoms with Crippen LogP contribution in [0.5, 0.6) is 0 Å². The summed E-state index contributed by atoms with van der Waals surface area (Å²) in [5.41, 5.74) is 1.26. The van der Waals surface area contributed by atoms with E-state index in [0.29, 0.717) is 29.4 Å². The van der Waals surface area contributed by atoms with Gasteiger partial charge in [-0.1, -0.05) is 0 Å². The zero-order valence-corrected chi connectivity index (χ0v) is 15.2. The second kappa shape index (κ2) is 7.95. The molecular formula is C17H23ClN4O3. The molecule has 1 unspecified atom stereocenters. The van der Waals surface area contributed by atoms with Gasteiger partial charge in [0, 0.05) is 25.3 Å². The number of nitrogens with zero attached hydrogens (tertiary/aromatic N) is 2. The molecule has 1 atom stereocenters. The summed E-state index contributed by atoms with van der Waals surface area (Å²) < 4.78 is 0. The molecule has 0 bridgehead atoms. The number of halogens is 1. The SMILES string of the molecule is CNC1CCCN(CC(=O)Nc2ccc3c(c2)C(=O)N(C)C3=O)C1.Cl. The van der Waals surface area contributed by atoms with Gasteiger partial charge in [-0.25, -0.2) is 0 Å². The number of rotatable bonds is 4. The summed E-state index contributed by atoms with van der Waals surface area (Å²) in [7, 11) is 3.39. The molecule has 3 amide bonds. The van der Waals surface area contributed by atoms with Gasteiger partial charge in [-0.3, -0.25) is 24.2 Å². The van der Waals surface area contributed by atoms with Crippen molar-refractivity contribution < 1.29 is 14.4 Å². The molecule has 0 aliphatic carbocycles. The van der Waals surface area contributed by atoms with Gasteiger partial charge in [0.25, 0.3) is 11.8 Å². The Kier molecular flexibility index (Phi) is 6.16. The lowest BCUT2D eigenvalue weighted by Gasteiger charge is -2.31. The average Bonchev–Trinajstić information content (AvgIpc) is 2.79. The Morgan fingerprint density at radius 2 is 1.96 bits per heavy atom. The van der Waals surface area contributed by atoms with Crippen LogP contribution >= 0.6 is 12.4 Å². The second-order valence-electron chi connectivity index (χ2n) is 6.34. The molecule has 1 aromatic carbocycles. The summed E-state index contributed by atoms with van der Waals surface area (Å²) in [4.78, 5) is 39.3. The van der Waals surface area contributed by atoms with E-state index in [1.54, 1.807) is 18.2 Å². The van der Waals surface area contributed by atoms with Crippen molar-refractivity contribution in [2.45, 2.75) is 18.9 Å². The highest BCUT2D eigenvalue weighted by atomic mass is 35.5. The van der Waals surface area contributed by atoms with Gasteiger partial charge in [0.15, 0.2) is 0 Å². The molecule has 2 N–H and O–H groups in total. The average molecular weight is 367 g/mol. The molecule has 1 fully saturated rings. The van der Waals surface area contributed by atoms with Crippen molar-refractivity contribution in [2.75, 3.05) is 39.0 Å². The number of anilines is 1. The van der Waals surface area contributed by atoms with Gasteiger partial charge in [-0.15, -0.1) is 12.4 Å². The quantitative estimate of drug-likeness (QED) is 0.776.